The Labute approximate surface area is 155 Å². The van der Waals surface area contributed by atoms with Gasteiger partial charge in [-0.15, -0.1) is 5.10 Å². The van der Waals surface area contributed by atoms with E-state index in [1.807, 2.05) is 0 Å². The van der Waals surface area contributed by atoms with Crippen molar-refractivity contribution in [2.24, 2.45) is 5.92 Å². The number of likely N-dealkylation sites (tertiary alicyclic amines) is 1. The molecule has 4 rings (SSSR count). The highest BCUT2D eigenvalue weighted by Gasteiger charge is 2.42. The number of carbonyl (C=O) groups is 1. The van der Waals surface area contributed by atoms with Gasteiger partial charge in [-0.25, -0.2) is 4.68 Å². The fraction of sp³-hybridized carbons (Fsp3) is 0.889. The molecule has 144 valence electrons. The summed E-state index contributed by atoms with van der Waals surface area (Å²) in [7, 11) is 2.25. The Morgan fingerprint density at radius 2 is 2.08 bits per heavy atom. The molecule has 8 heteroatoms. The summed E-state index contributed by atoms with van der Waals surface area (Å²) in [4.78, 5) is 19.8. The molecule has 8 nitrogen and oxygen atoms in total. The highest BCUT2D eigenvalue weighted by atomic mass is 16.2. The lowest BCUT2D eigenvalue weighted by Crippen LogP contribution is -2.61. The predicted octanol–water partition coefficient (Wildman–Crippen LogP) is 0.472. The average Bonchev–Trinajstić information content (AvgIpc) is 3.34. The fourth-order valence-electron chi connectivity index (χ4n) is 4.51. The van der Waals surface area contributed by atoms with Crippen LogP contribution < -0.4 is 0 Å². The van der Waals surface area contributed by atoms with Gasteiger partial charge in [-0.05, 0) is 55.5 Å². The lowest BCUT2D eigenvalue weighted by molar-refractivity contribution is -0.131. The number of aryl methyl sites for hydroxylation is 1. The molecule has 1 amide bonds. The molecular formula is C18H31N7O. The number of rotatable bonds is 6. The molecule has 26 heavy (non-hydrogen) atoms. The van der Waals surface area contributed by atoms with Crippen LogP contribution >= 0.6 is 0 Å². The molecule has 0 unspecified atom stereocenters. The normalized spacial score (nSPS) is 28.7. The molecular weight excluding hydrogens is 330 g/mol. The summed E-state index contributed by atoms with van der Waals surface area (Å²) in [6, 6.07) is 0. The monoisotopic (exact) mass is 361 g/mol. The van der Waals surface area contributed by atoms with Crippen LogP contribution in [0.15, 0.2) is 6.33 Å². The Morgan fingerprint density at radius 3 is 2.85 bits per heavy atom. The molecule has 0 radical (unpaired) electrons. The highest BCUT2D eigenvalue weighted by Crippen LogP contribution is 2.35. The van der Waals surface area contributed by atoms with Crippen molar-refractivity contribution in [1.82, 2.24) is 34.9 Å². The predicted molar refractivity (Wildman–Crippen MR) is 97.4 cm³/mol. The number of aromatic nitrogens is 4. The topological polar surface area (TPSA) is 70.4 Å². The second-order valence-electron chi connectivity index (χ2n) is 8.38. The van der Waals surface area contributed by atoms with Crippen LogP contribution in [0.25, 0.3) is 0 Å². The van der Waals surface area contributed by atoms with E-state index in [4.69, 9.17) is 0 Å². The van der Waals surface area contributed by atoms with Crippen molar-refractivity contribution in [3.8, 4) is 0 Å². The van der Waals surface area contributed by atoms with Gasteiger partial charge in [0, 0.05) is 57.8 Å². The van der Waals surface area contributed by atoms with Gasteiger partial charge in [0.2, 0.25) is 5.91 Å². The molecule has 2 saturated heterocycles. The summed E-state index contributed by atoms with van der Waals surface area (Å²) in [6.07, 6.45) is 8.15. The van der Waals surface area contributed by atoms with Crippen LogP contribution in [0.2, 0.25) is 0 Å². The number of amides is 1. The Kier molecular flexibility index (Phi) is 5.22. The lowest BCUT2D eigenvalue weighted by atomic mass is 9.86. The molecule has 1 saturated carbocycles. The van der Waals surface area contributed by atoms with Crippen molar-refractivity contribution in [2.75, 3.05) is 46.3 Å². The van der Waals surface area contributed by atoms with Crippen LogP contribution in [0, 0.1) is 5.92 Å². The largest absolute Gasteiger partial charge is 0.342 e. The Balaban J connectivity index is 1.33. The van der Waals surface area contributed by atoms with E-state index in [1.54, 1.807) is 11.0 Å². The maximum Gasteiger partial charge on any atom is 0.222 e. The van der Waals surface area contributed by atoms with E-state index in [1.165, 1.54) is 12.8 Å². The van der Waals surface area contributed by atoms with Gasteiger partial charge in [0.15, 0.2) is 0 Å². The number of hydrogen-bond acceptors (Lipinski definition) is 6. The van der Waals surface area contributed by atoms with E-state index in [-0.39, 0.29) is 5.54 Å². The Morgan fingerprint density at radius 1 is 1.19 bits per heavy atom. The third kappa shape index (κ3) is 4.06. The van der Waals surface area contributed by atoms with Crippen molar-refractivity contribution in [3.63, 3.8) is 0 Å². The molecule has 3 fully saturated rings. The molecule has 3 aliphatic rings. The van der Waals surface area contributed by atoms with Crippen LogP contribution in [0.4, 0.5) is 0 Å². The molecule has 0 N–H and O–H groups in total. The van der Waals surface area contributed by atoms with Gasteiger partial charge in [0.1, 0.15) is 6.33 Å². The molecule has 1 spiro atoms. The number of carbonyl (C=O) groups excluding carboxylic acids is 1. The van der Waals surface area contributed by atoms with Crippen LogP contribution in [0.1, 0.15) is 38.5 Å². The minimum Gasteiger partial charge on any atom is -0.342 e. The third-order valence-electron chi connectivity index (χ3n) is 6.51. The molecule has 1 atom stereocenters. The number of likely N-dealkylation sites (N-methyl/N-ethyl adjacent to an activating group) is 1. The SMILES string of the molecule is CN1CCN(CCCn2cnnn2)C[C@@]12CCC(=O)N(CC1CC1)CC2. The fourth-order valence-corrected chi connectivity index (χ4v) is 4.51. The van der Waals surface area contributed by atoms with E-state index in [9.17, 15) is 4.79 Å². The highest BCUT2D eigenvalue weighted by molar-refractivity contribution is 5.76. The van der Waals surface area contributed by atoms with Gasteiger partial charge in [0.05, 0.1) is 0 Å². The zero-order valence-electron chi connectivity index (χ0n) is 15.9. The maximum atomic E-state index is 12.6. The van der Waals surface area contributed by atoms with Crippen molar-refractivity contribution in [3.05, 3.63) is 6.33 Å². The zero-order chi connectivity index (χ0) is 18.0. The summed E-state index contributed by atoms with van der Waals surface area (Å²) >= 11 is 0. The van der Waals surface area contributed by atoms with Gasteiger partial charge in [-0.3, -0.25) is 9.69 Å². The molecule has 0 aromatic carbocycles. The van der Waals surface area contributed by atoms with Gasteiger partial charge in [0.25, 0.3) is 0 Å². The van der Waals surface area contributed by atoms with Gasteiger partial charge in [-0.1, -0.05) is 0 Å². The molecule has 1 aromatic rings. The Bertz CT molecular complexity index is 603. The third-order valence-corrected chi connectivity index (χ3v) is 6.51. The van der Waals surface area contributed by atoms with Crippen molar-refractivity contribution in [1.29, 1.82) is 0 Å². The second kappa shape index (κ2) is 7.60. The first kappa shape index (κ1) is 17.9. The van der Waals surface area contributed by atoms with E-state index in [0.29, 0.717) is 12.3 Å². The summed E-state index contributed by atoms with van der Waals surface area (Å²) < 4.78 is 1.80. The maximum absolute atomic E-state index is 12.6. The first-order valence-electron chi connectivity index (χ1n) is 10.1. The van der Waals surface area contributed by atoms with Crippen LogP contribution in [-0.4, -0.2) is 92.7 Å². The molecule has 1 aromatic heterocycles. The quantitative estimate of drug-likeness (QED) is 0.734. The summed E-state index contributed by atoms with van der Waals surface area (Å²) in [5.74, 6) is 1.15. The number of piperazine rings is 1. The van der Waals surface area contributed by atoms with Gasteiger partial charge < -0.3 is 9.80 Å². The van der Waals surface area contributed by atoms with Crippen molar-refractivity contribution >= 4 is 5.91 Å². The molecule has 3 heterocycles. The minimum absolute atomic E-state index is 0.154. The minimum atomic E-state index is 0.154. The zero-order valence-corrected chi connectivity index (χ0v) is 15.9. The number of nitrogens with zero attached hydrogens (tertiary/aromatic N) is 7. The second-order valence-corrected chi connectivity index (χ2v) is 8.38. The van der Waals surface area contributed by atoms with Crippen LogP contribution in [0.5, 0.6) is 0 Å². The average molecular weight is 361 g/mol. The smallest absolute Gasteiger partial charge is 0.222 e. The van der Waals surface area contributed by atoms with E-state index in [2.05, 4.69) is 37.3 Å². The standard InChI is InChI=1S/C18H31N7O/c1-22-11-12-23(8-2-9-25-15-19-20-21-25)14-18(22)6-5-17(26)24(10-7-18)13-16-3-4-16/h15-16H,2-14H2,1H3/t18-/m0/s1. The number of tetrazole rings is 1. The van der Waals surface area contributed by atoms with Gasteiger partial charge in [-0.2, -0.15) is 0 Å². The first-order chi connectivity index (χ1) is 12.6. The van der Waals surface area contributed by atoms with Crippen LogP contribution in [-0.2, 0) is 11.3 Å². The molecule has 0 bridgehead atoms. The van der Waals surface area contributed by atoms with E-state index < -0.39 is 0 Å². The van der Waals surface area contributed by atoms with E-state index in [0.717, 1.165) is 71.0 Å². The van der Waals surface area contributed by atoms with Gasteiger partial charge >= 0.3 is 0 Å². The Hall–Kier alpha value is -1.54. The molecule has 1 aliphatic carbocycles. The summed E-state index contributed by atoms with van der Waals surface area (Å²) in [6.45, 7) is 7.11. The number of hydrogen-bond donors (Lipinski definition) is 0. The van der Waals surface area contributed by atoms with Crippen molar-refractivity contribution in [2.45, 2.75) is 50.6 Å². The van der Waals surface area contributed by atoms with Crippen LogP contribution in [0.3, 0.4) is 0 Å². The first-order valence-corrected chi connectivity index (χ1v) is 10.1. The van der Waals surface area contributed by atoms with Crippen molar-refractivity contribution < 1.29 is 4.79 Å². The summed E-state index contributed by atoms with van der Waals surface area (Å²) in [5, 5.41) is 11.3. The van der Waals surface area contributed by atoms with E-state index >= 15 is 0 Å². The molecule has 2 aliphatic heterocycles. The summed E-state index contributed by atoms with van der Waals surface area (Å²) in [5.41, 5.74) is 0.154. The lowest BCUT2D eigenvalue weighted by Gasteiger charge is -2.49.